The minimum Gasteiger partial charge on any atom is -0.354 e. The van der Waals surface area contributed by atoms with Crippen molar-refractivity contribution in [1.82, 2.24) is 15.1 Å². The molecular weight excluding hydrogens is 364 g/mol. The number of hydrogen-bond donors (Lipinski definition) is 1. The molecule has 3 fully saturated rings. The van der Waals surface area contributed by atoms with Crippen LogP contribution in [0.3, 0.4) is 0 Å². The van der Waals surface area contributed by atoms with E-state index in [0.717, 1.165) is 38.4 Å². The van der Waals surface area contributed by atoms with Crippen LogP contribution in [0.2, 0.25) is 0 Å². The quantitative estimate of drug-likeness (QED) is 0.857. The molecule has 4 atom stereocenters. The van der Waals surface area contributed by atoms with Gasteiger partial charge in [0, 0.05) is 51.6 Å². The molecule has 0 saturated carbocycles. The molecule has 28 heavy (non-hydrogen) atoms. The zero-order valence-corrected chi connectivity index (χ0v) is 16.2. The highest BCUT2D eigenvalue weighted by molar-refractivity contribution is 5.78. The van der Waals surface area contributed by atoms with Gasteiger partial charge in [0.2, 0.25) is 11.8 Å². The number of nitrogens with one attached hydrogen (secondary N) is 1. The van der Waals surface area contributed by atoms with Crippen LogP contribution in [-0.4, -0.2) is 53.3 Å². The summed E-state index contributed by atoms with van der Waals surface area (Å²) < 4.78 is 27.1. The van der Waals surface area contributed by atoms with Gasteiger partial charge in [-0.15, -0.1) is 0 Å². The largest absolute Gasteiger partial charge is 0.354 e. The van der Waals surface area contributed by atoms with Crippen molar-refractivity contribution in [2.45, 2.75) is 51.2 Å². The van der Waals surface area contributed by atoms with Crippen LogP contribution in [0.5, 0.6) is 0 Å². The summed E-state index contributed by atoms with van der Waals surface area (Å²) in [5.74, 6) is -0.384. The van der Waals surface area contributed by atoms with E-state index in [0.29, 0.717) is 31.0 Å². The number of likely N-dealkylation sites (tertiary alicyclic amines) is 1. The third-order valence-electron chi connectivity index (χ3n) is 6.46. The second-order valence-corrected chi connectivity index (χ2v) is 8.49. The number of piperidine rings is 3. The van der Waals surface area contributed by atoms with Crippen LogP contribution in [0.25, 0.3) is 0 Å². The van der Waals surface area contributed by atoms with Crippen molar-refractivity contribution in [2.75, 3.05) is 19.6 Å². The lowest BCUT2D eigenvalue weighted by atomic mass is 9.72. The van der Waals surface area contributed by atoms with Gasteiger partial charge in [0.25, 0.3) is 0 Å². The zero-order valence-electron chi connectivity index (χ0n) is 16.2. The van der Waals surface area contributed by atoms with Crippen LogP contribution < -0.4 is 5.32 Å². The van der Waals surface area contributed by atoms with Crippen LogP contribution >= 0.6 is 0 Å². The molecule has 152 valence electrons. The third kappa shape index (κ3) is 3.90. The van der Waals surface area contributed by atoms with Crippen molar-refractivity contribution >= 4 is 11.8 Å². The standard InChI is InChI=1S/C21H27F2N3O2/c1-13(27)24-9-20-16-7-15(19-3-2-4-21(28)26(19)20)11-25(12-16)10-14-5-17(22)8-18(23)6-14/h5-6,8,15-16,19-20H,2-4,7,9-12H2,1H3,(H,24,27)/t15-,16+,19+,20+/m1/s1. The van der Waals surface area contributed by atoms with Crippen LogP contribution in [0.1, 0.15) is 38.2 Å². The molecule has 5 nitrogen and oxygen atoms in total. The number of carbonyl (C=O) groups is 2. The predicted octanol–water partition coefficient (Wildman–Crippen LogP) is 2.30. The number of fused-ring (bicyclic) bond motifs is 4. The molecule has 1 N–H and O–H groups in total. The van der Waals surface area contributed by atoms with E-state index in [-0.39, 0.29) is 29.8 Å². The Labute approximate surface area is 164 Å². The Balaban J connectivity index is 1.54. The summed E-state index contributed by atoms with van der Waals surface area (Å²) in [5, 5.41) is 2.90. The van der Waals surface area contributed by atoms with E-state index in [1.165, 1.54) is 19.1 Å². The van der Waals surface area contributed by atoms with Gasteiger partial charge in [0.1, 0.15) is 11.6 Å². The van der Waals surface area contributed by atoms with E-state index in [4.69, 9.17) is 0 Å². The van der Waals surface area contributed by atoms with E-state index in [1.807, 2.05) is 0 Å². The number of carbonyl (C=O) groups excluding carboxylic acids is 2. The molecule has 3 aliphatic heterocycles. The van der Waals surface area contributed by atoms with E-state index in [1.54, 1.807) is 0 Å². The number of amides is 2. The molecule has 0 spiro atoms. The normalized spacial score (nSPS) is 30.1. The highest BCUT2D eigenvalue weighted by atomic mass is 19.1. The SMILES string of the molecule is CC(=O)NC[C@H]1[C@H]2C[C@H](CN(Cc3cc(F)cc(F)c3)C2)[C@@H]2CCCC(=O)N21. The first-order chi connectivity index (χ1) is 13.4. The Kier molecular flexibility index (Phi) is 5.36. The van der Waals surface area contributed by atoms with Crippen LogP contribution in [0, 0.1) is 23.5 Å². The minimum atomic E-state index is -0.556. The lowest BCUT2D eigenvalue weighted by Gasteiger charge is -2.56. The maximum absolute atomic E-state index is 13.6. The Bertz CT molecular complexity index is 752. The zero-order chi connectivity index (χ0) is 19.8. The number of rotatable bonds is 4. The van der Waals surface area contributed by atoms with Crippen molar-refractivity contribution in [3.8, 4) is 0 Å². The van der Waals surface area contributed by atoms with Gasteiger partial charge in [-0.25, -0.2) is 8.78 Å². The lowest BCUT2D eigenvalue weighted by Crippen LogP contribution is -2.66. The fourth-order valence-electron chi connectivity index (χ4n) is 5.47. The van der Waals surface area contributed by atoms with Gasteiger partial charge >= 0.3 is 0 Å². The summed E-state index contributed by atoms with van der Waals surface area (Å²) in [7, 11) is 0. The summed E-state index contributed by atoms with van der Waals surface area (Å²) in [5.41, 5.74) is 0.632. The molecule has 3 aliphatic rings. The molecule has 1 aromatic carbocycles. The Morgan fingerprint density at radius 3 is 2.61 bits per heavy atom. The van der Waals surface area contributed by atoms with E-state index in [2.05, 4.69) is 15.1 Å². The number of hydrogen-bond acceptors (Lipinski definition) is 3. The molecule has 1 aromatic rings. The van der Waals surface area contributed by atoms with Gasteiger partial charge in [0.05, 0.1) is 6.04 Å². The highest BCUT2D eigenvalue weighted by Gasteiger charge is 2.49. The molecule has 3 saturated heterocycles. The smallest absolute Gasteiger partial charge is 0.223 e. The highest BCUT2D eigenvalue weighted by Crippen LogP contribution is 2.41. The van der Waals surface area contributed by atoms with Crippen molar-refractivity contribution < 1.29 is 18.4 Å². The van der Waals surface area contributed by atoms with E-state index >= 15 is 0 Å². The first kappa shape index (κ1) is 19.3. The van der Waals surface area contributed by atoms with Crippen molar-refractivity contribution in [3.05, 3.63) is 35.4 Å². The van der Waals surface area contributed by atoms with E-state index < -0.39 is 11.6 Å². The van der Waals surface area contributed by atoms with Gasteiger partial charge in [-0.3, -0.25) is 14.5 Å². The van der Waals surface area contributed by atoms with Crippen LogP contribution in [0.4, 0.5) is 8.78 Å². The predicted molar refractivity (Wildman–Crippen MR) is 100 cm³/mol. The molecule has 2 amide bonds. The van der Waals surface area contributed by atoms with Gasteiger partial charge < -0.3 is 10.2 Å². The molecular formula is C21H27F2N3O2. The molecule has 4 rings (SSSR count). The van der Waals surface area contributed by atoms with E-state index in [9.17, 15) is 18.4 Å². The maximum atomic E-state index is 13.6. The Hall–Kier alpha value is -2.02. The second-order valence-electron chi connectivity index (χ2n) is 8.49. The molecule has 0 radical (unpaired) electrons. The maximum Gasteiger partial charge on any atom is 0.223 e. The third-order valence-corrected chi connectivity index (χ3v) is 6.46. The Morgan fingerprint density at radius 1 is 1.18 bits per heavy atom. The first-order valence-electron chi connectivity index (χ1n) is 10.1. The Morgan fingerprint density at radius 2 is 1.89 bits per heavy atom. The fourth-order valence-corrected chi connectivity index (χ4v) is 5.47. The minimum absolute atomic E-state index is 0.00926. The number of nitrogens with zero attached hydrogens (tertiary/aromatic N) is 2. The van der Waals surface area contributed by atoms with Gasteiger partial charge in [0.15, 0.2) is 0 Å². The van der Waals surface area contributed by atoms with Crippen molar-refractivity contribution in [1.29, 1.82) is 0 Å². The van der Waals surface area contributed by atoms with Crippen molar-refractivity contribution in [3.63, 3.8) is 0 Å². The summed E-state index contributed by atoms with van der Waals surface area (Å²) in [6.45, 7) is 4.05. The molecule has 0 aromatic heterocycles. The molecule has 0 unspecified atom stereocenters. The lowest BCUT2D eigenvalue weighted by molar-refractivity contribution is -0.153. The molecule has 0 aliphatic carbocycles. The van der Waals surface area contributed by atoms with Gasteiger partial charge in [-0.2, -0.15) is 0 Å². The van der Waals surface area contributed by atoms with Gasteiger partial charge in [-0.1, -0.05) is 0 Å². The average Bonchev–Trinajstić information content (AvgIpc) is 2.61. The summed E-state index contributed by atoms with van der Waals surface area (Å²) >= 11 is 0. The number of benzene rings is 1. The second kappa shape index (κ2) is 7.78. The molecule has 2 bridgehead atoms. The van der Waals surface area contributed by atoms with Crippen LogP contribution in [-0.2, 0) is 16.1 Å². The fraction of sp³-hybridized carbons (Fsp3) is 0.619. The topological polar surface area (TPSA) is 52.7 Å². The molecule has 3 heterocycles. The average molecular weight is 391 g/mol. The summed E-state index contributed by atoms with van der Waals surface area (Å²) in [6.07, 6.45) is 3.51. The number of halogens is 2. The molecule has 7 heteroatoms. The summed E-state index contributed by atoms with van der Waals surface area (Å²) in [6, 6.07) is 3.86. The summed E-state index contributed by atoms with van der Waals surface area (Å²) in [4.78, 5) is 28.5. The van der Waals surface area contributed by atoms with Crippen LogP contribution in [0.15, 0.2) is 18.2 Å². The van der Waals surface area contributed by atoms with Gasteiger partial charge in [-0.05, 0) is 48.8 Å². The monoisotopic (exact) mass is 391 g/mol. The van der Waals surface area contributed by atoms with Crippen molar-refractivity contribution in [2.24, 2.45) is 11.8 Å². The first-order valence-corrected chi connectivity index (χ1v) is 10.1.